The first-order chi connectivity index (χ1) is 7.00. The van der Waals surface area contributed by atoms with E-state index in [0.29, 0.717) is 6.54 Å². The fraction of sp³-hybridized carbons (Fsp3) is 0.400. The number of rotatable bonds is 2. The molecule has 1 rings (SSSR count). The van der Waals surface area contributed by atoms with Crippen LogP contribution < -0.4 is 11.5 Å². The zero-order chi connectivity index (χ0) is 11.4. The Kier molecular flexibility index (Phi) is 3.49. The third-order valence-electron chi connectivity index (χ3n) is 2.25. The molecule has 0 amide bonds. The monoisotopic (exact) mass is 207 g/mol. The van der Waals surface area contributed by atoms with Crippen LogP contribution in [0.25, 0.3) is 0 Å². The quantitative estimate of drug-likeness (QED) is 0.452. The SMILES string of the molecule is CC1=CC(CN=C(N)N(C)C(=N)N)=CC1. The van der Waals surface area contributed by atoms with E-state index >= 15 is 0 Å². The number of aliphatic imine (C=N–C) groups is 1. The molecule has 0 aromatic carbocycles. The second-order valence-corrected chi connectivity index (χ2v) is 3.59. The topological polar surface area (TPSA) is 91.5 Å². The van der Waals surface area contributed by atoms with E-state index in [9.17, 15) is 0 Å². The van der Waals surface area contributed by atoms with Gasteiger partial charge in [-0.05, 0) is 18.9 Å². The number of nitrogens with two attached hydrogens (primary N) is 2. The summed E-state index contributed by atoms with van der Waals surface area (Å²) in [6, 6.07) is 0. The van der Waals surface area contributed by atoms with Gasteiger partial charge in [0.1, 0.15) is 0 Å². The van der Waals surface area contributed by atoms with Gasteiger partial charge in [-0.25, -0.2) is 4.99 Å². The number of nitrogens with zero attached hydrogens (tertiary/aromatic N) is 2. The highest BCUT2D eigenvalue weighted by Gasteiger charge is 2.05. The summed E-state index contributed by atoms with van der Waals surface area (Å²) in [7, 11) is 1.62. The maximum Gasteiger partial charge on any atom is 0.198 e. The minimum absolute atomic E-state index is 0.108. The predicted octanol–water partition coefficient (Wildman–Crippen LogP) is 0.403. The van der Waals surface area contributed by atoms with Gasteiger partial charge in [0.05, 0.1) is 6.54 Å². The largest absolute Gasteiger partial charge is 0.370 e. The zero-order valence-electron chi connectivity index (χ0n) is 9.12. The Balaban J connectivity index is 2.55. The lowest BCUT2D eigenvalue weighted by Crippen LogP contribution is -2.42. The number of nitrogens with one attached hydrogen (secondary N) is 1. The Bertz CT molecular complexity index is 351. The summed E-state index contributed by atoms with van der Waals surface area (Å²) in [5, 5.41) is 7.17. The van der Waals surface area contributed by atoms with Crippen LogP contribution in [0, 0.1) is 5.41 Å². The standard InChI is InChI=1S/C10H17N5/c1-7-3-4-8(5-7)6-14-10(13)15(2)9(11)12/h4-5H,3,6H2,1-2H3,(H3,11,12)(H2,13,14). The zero-order valence-corrected chi connectivity index (χ0v) is 9.12. The van der Waals surface area contributed by atoms with Crippen LogP contribution in [0.2, 0.25) is 0 Å². The molecular formula is C10H17N5. The van der Waals surface area contributed by atoms with Gasteiger partial charge in [0.15, 0.2) is 11.9 Å². The summed E-state index contributed by atoms with van der Waals surface area (Å²) in [5.74, 6) is 0.157. The van der Waals surface area contributed by atoms with Crippen molar-refractivity contribution < 1.29 is 0 Å². The van der Waals surface area contributed by atoms with Gasteiger partial charge in [0.25, 0.3) is 0 Å². The van der Waals surface area contributed by atoms with Crippen LogP contribution in [-0.2, 0) is 0 Å². The van der Waals surface area contributed by atoms with Crippen molar-refractivity contribution in [2.24, 2.45) is 16.5 Å². The van der Waals surface area contributed by atoms with Crippen molar-refractivity contribution in [1.29, 1.82) is 5.41 Å². The summed E-state index contributed by atoms with van der Waals surface area (Å²) in [5.41, 5.74) is 13.4. The normalized spacial score (nSPS) is 16.0. The third-order valence-corrected chi connectivity index (χ3v) is 2.25. The molecule has 5 heteroatoms. The summed E-state index contributed by atoms with van der Waals surface area (Å²) in [6.45, 7) is 2.62. The number of hydrogen-bond acceptors (Lipinski definition) is 2. The molecule has 0 heterocycles. The first-order valence-corrected chi connectivity index (χ1v) is 4.74. The molecule has 0 spiro atoms. The van der Waals surface area contributed by atoms with Crippen LogP contribution in [-0.4, -0.2) is 30.4 Å². The van der Waals surface area contributed by atoms with Crippen LogP contribution in [0.3, 0.4) is 0 Å². The fourth-order valence-electron chi connectivity index (χ4n) is 1.24. The second-order valence-electron chi connectivity index (χ2n) is 3.59. The van der Waals surface area contributed by atoms with E-state index in [1.807, 2.05) is 0 Å². The van der Waals surface area contributed by atoms with Crippen LogP contribution in [0.4, 0.5) is 0 Å². The molecule has 5 N–H and O–H groups in total. The molecule has 15 heavy (non-hydrogen) atoms. The number of allylic oxidation sites excluding steroid dienone is 2. The first-order valence-electron chi connectivity index (χ1n) is 4.74. The fourth-order valence-corrected chi connectivity index (χ4v) is 1.24. The lowest BCUT2D eigenvalue weighted by atomic mass is 10.3. The maximum atomic E-state index is 7.17. The van der Waals surface area contributed by atoms with Crippen LogP contribution in [0.1, 0.15) is 13.3 Å². The summed E-state index contributed by atoms with van der Waals surface area (Å²) < 4.78 is 0. The second kappa shape index (κ2) is 4.63. The van der Waals surface area contributed by atoms with E-state index in [1.165, 1.54) is 10.5 Å². The van der Waals surface area contributed by atoms with Crippen molar-refractivity contribution in [3.8, 4) is 0 Å². The van der Waals surface area contributed by atoms with Crippen molar-refractivity contribution in [3.63, 3.8) is 0 Å². The molecule has 82 valence electrons. The molecule has 1 aliphatic carbocycles. The predicted molar refractivity (Wildman–Crippen MR) is 62.6 cm³/mol. The highest BCUT2D eigenvalue weighted by molar-refractivity contribution is 5.95. The first kappa shape index (κ1) is 11.3. The summed E-state index contributed by atoms with van der Waals surface area (Å²) >= 11 is 0. The van der Waals surface area contributed by atoms with Crippen molar-refractivity contribution in [2.45, 2.75) is 13.3 Å². The summed E-state index contributed by atoms with van der Waals surface area (Å²) in [6.07, 6.45) is 5.22. The van der Waals surface area contributed by atoms with E-state index < -0.39 is 0 Å². The van der Waals surface area contributed by atoms with Gasteiger partial charge >= 0.3 is 0 Å². The van der Waals surface area contributed by atoms with Gasteiger partial charge in [-0.1, -0.05) is 17.7 Å². The molecule has 1 aliphatic rings. The molecule has 0 aromatic rings. The maximum absolute atomic E-state index is 7.17. The van der Waals surface area contributed by atoms with Crippen molar-refractivity contribution in [2.75, 3.05) is 13.6 Å². The lowest BCUT2D eigenvalue weighted by molar-refractivity contribution is 0.718. The molecular weight excluding hydrogens is 190 g/mol. The Morgan fingerprint density at radius 1 is 1.60 bits per heavy atom. The molecule has 0 saturated carbocycles. The lowest BCUT2D eigenvalue weighted by Gasteiger charge is -2.14. The highest BCUT2D eigenvalue weighted by Crippen LogP contribution is 2.16. The van der Waals surface area contributed by atoms with Crippen molar-refractivity contribution in [1.82, 2.24) is 4.90 Å². The van der Waals surface area contributed by atoms with Gasteiger partial charge in [-0.3, -0.25) is 10.3 Å². The minimum Gasteiger partial charge on any atom is -0.370 e. The Morgan fingerprint density at radius 2 is 2.27 bits per heavy atom. The van der Waals surface area contributed by atoms with Gasteiger partial charge in [-0.15, -0.1) is 0 Å². The average molecular weight is 207 g/mol. The molecule has 0 unspecified atom stereocenters. The van der Waals surface area contributed by atoms with Crippen LogP contribution in [0.5, 0.6) is 0 Å². The molecule has 5 nitrogen and oxygen atoms in total. The summed E-state index contributed by atoms with van der Waals surface area (Å²) in [4.78, 5) is 5.49. The van der Waals surface area contributed by atoms with Gasteiger partial charge in [0.2, 0.25) is 0 Å². The van der Waals surface area contributed by atoms with E-state index in [4.69, 9.17) is 16.9 Å². The van der Waals surface area contributed by atoms with E-state index in [2.05, 4.69) is 24.1 Å². The van der Waals surface area contributed by atoms with Crippen LogP contribution >= 0.6 is 0 Å². The van der Waals surface area contributed by atoms with Crippen LogP contribution in [0.15, 0.2) is 28.3 Å². The third kappa shape index (κ3) is 3.12. The minimum atomic E-state index is -0.108. The highest BCUT2D eigenvalue weighted by atomic mass is 15.3. The number of hydrogen-bond donors (Lipinski definition) is 3. The van der Waals surface area contributed by atoms with Crippen molar-refractivity contribution in [3.05, 3.63) is 23.3 Å². The molecule has 0 atom stereocenters. The van der Waals surface area contributed by atoms with E-state index in [1.54, 1.807) is 7.05 Å². The van der Waals surface area contributed by atoms with Gasteiger partial charge < -0.3 is 11.5 Å². The number of guanidine groups is 2. The average Bonchev–Trinajstić information content (AvgIpc) is 2.59. The van der Waals surface area contributed by atoms with E-state index in [0.717, 1.165) is 12.0 Å². The molecule has 0 fully saturated rings. The smallest absolute Gasteiger partial charge is 0.198 e. The van der Waals surface area contributed by atoms with Gasteiger partial charge in [-0.2, -0.15) is 0 Å². The Labute approximate surface area is 89.7 Å². The molecule has 0 aromatic heterocycles. The molecule has 0 radical (unpaired) electrons. The van der Waals surface area contributed by atoms with E-state index in [-0.39, 0.29) is 11.9 Å². The Morgan fingerprint density at radius 3 is 2.73 bits per heavy atom. The van der Waals surface area contributed by atoms with Crippen molar-refractivity contribution >= 4 is 11.9 Å². The molecule has 0 aliphatic heterocycles. The molecule has 0 bridgehead atoms. The molecule has 0 saturated heterocycles. The van der Waals surface area contributed by atoms with Gasteiger partial charge in [0, 0.05) is 7.05 Å². The Hall–Kier alpha value is -1.78.